The van der Waals surface area contributed by atoms with Crippen LogP contribution in [0.25, 0.3) is 0 Å². The van der Waals surface area contributed by atoms with Crippen LogP contribution in [0.3, 0.4) is 0 Å². The molecular weight excluding hydrogens is 456 g/mol. The van der Waals surface area contributed by atoms with Crippen molar-refractivity contribution in [3.63, 3.8) is 0 Å². The van der Waals surface area contributed by atoms with Crippen molar-refractivity contribution >= 4 is 0 Å². The molecule has 0 aromatic heterocycles. The summed E-state index contributed by atoms with van der Waals surface area (Å²) in [7, 11) is 0. The Morgan fingerprint density at radius 3 is 1.58 bits per heavy atom. The quantitative estimate of drug-likeness (QED) is 0.379. The molecule has 0 heteroatoms. The van der Waals surface area contributed by atoms with E-state index in [1.165, 1.54) is 24.0 Å². The summed E-state index contributed by atoms with van der Waals surface area (Å²) >= 11 is 0. The van der Waals surface area contributed by atoms with Gasteiger partial charge in [0, 0.05) is 0 Å². The lowest BCUT2D eigenvalue weighted by molar-refractivity contribution is 0.195. The number of hydrogen-bond acceptors (Lipinski definition) is 0. The second kappa shape index (κ2) is 9.67. The molecule has 4 aliphatic carbocycles. The van der Waals surface area contributed by atoms with E-state index in [4.69, 9.17) is 0 Å². The highest BCUT2D eigenvalue weighted by Gasteiger charge is 2.55. The van der Waals surface area contributed by atoms with E-state index in [-0.39, 0.29) is 10.8 Å². The minimum atomic E-state index is 0.189. The number of benzene rings is 1. The Morgan fingerprint density at radius 1 is 0.658 bits per heavy atom. The standard InChI is InChI=1S/C38H54/c1-24-20-28(38(8,9)10)23-31(24)34(25-14-12-11-13-15-25)35-29-18-16-26(36(2,3)4)21-32(29)33-22-27(37(5,6)7)17-19-30(33)35/h11-19,21-22,24,28-35H,20,23H2,1-10H3/t24?,28?,29?,30?,31?,32?,33?,34-,35?/m1/s1. The molecule has 7 unspecified atom stereocenters. The summed E-state index contributed by atoms with van der Waals surface area (Å²) in [6, 6.07) is 11.7. The van der Waals surface area contributed by atoms with Gasteiger partial charge in [0.15, 0.2) is 0 Å². The zero-order chi connectivity index (χ0) is 27.6. The van der Waals surface area contributed by atoms with Gasteiger partial charge in [0.05, 0.1) is 0 Å². The van der Waals surface area contributed by atoms with E-state index in [0.717, 1.165) is 17.8 Å². The Morgan fingerprint density at radius 2 is 1.16 bits per heavy atom. The normalized spacial score (nSPS) is 35.9. The van der Waals surface area contributed by atoms with E-state index in [1.54, 1.807) is 5.56 Å². The lowest BCUT2D eigenvalue weighted by Gasteiger charge is -2.39. The van der Waals surface area contributed by atoms with Crippen molar-refractivity contribution in [1.29, 1.82) is 0 Å². The Bertz CT molecular complexity index is 1070. The van der Waals surface area contributed by atoms with Gasteiger partial charge in [-0.3, -0.25) is 0 Å². The Kier molecular flexibility index (Phi) is 7.06. The van der Waals surface area contributed by atoms with Crippen molar-refractivity contribution in [2.75, 3.05) is 0 Å². The third-order valence-electron chi connectivity index (χ3n) is 10.9. The van der Waals surface area contributed by atoms with Gasteiger partial charge in [0.2, 0.25) is 0 Å². The monoisotopic (exact) mass is 510 g/mol. The lowest BCUT2D eigenvalue weighted by Crippen LogP contribution is -2.31. The highest BCUT2D eigenvalue weighted by molar-refractivity contribution is 5.40. The number of fused-ring (bicyclic) bond motifs is 3. The van der Waals surface area contributed by atoms with E-state index in [0.29, 0.717) is 40.9 Å². The molecule has 8 atom stereocenters. The van der Waals surface area contributed by atoms with E-state index in [2.05, 4.69) is 136 Å². The fourth-order valence-electron chi connectivity index (χ4n) is 8.59. The molecular formula is C38H54. The third-order valence-corrected chi connectivity index (χ3v) is 10.9. The summed E-state index contributed by atoms with van der Waals surface area (Å²) in [6.45, 7) is 24.3. The van der Waals surface area contributed by atoms with Crippen LogP contribution in [0.2, 0.25) is 0 Å². The fourth-order valence-corrected chi connectivity index (χ4v) is 8.59. The first-order chi connectivity index (χ1) is 17.7. The van der Waals surface area contributed by atoms with Crippen LogP contribution < -0.4 is 0 Å². The van der Waals surface area contributed by atoms with Crippen LogP contribution in [0.5, 0.6) is 0 Å². The van der Waals surface area contributed by atoms with Crippen molar-refractivity contribution in [1.82, 2.24) is 0 Å². The molecule has 0 saturated heterocycles. The Balaban J connectivity index is 1.62. The molecule has 0 aliphatic heterocycles. The first-order valence-corrected chi connectivity index (χ1v) is 15.5. The number of allylic oxidation sites excluding steroid dienone is 8. The molecule has 0 nitrogen and oxygen atoms in total. The summed E-state index contributed by atoms with van der Waals surface area (Å²) in [6.07, 6.45) is 18.5. The van der Waals surface area contributed by atoms with Gasteiger partial charge in [-0.1, -0.05) is 136 Å². The maximum atomic E-state index is 2.70. The summed E-state index contributed by atoms with van der Waals surface area (Å²) in [5.41, 5.74) is 5.40. The highest BCUT2D eigenvalue weighted by atomic mass is 14.6. The zero-order valence-electron chi connectivity index (χ0n) is 26.0. The maximum Gasteiger partial charge on any atom is -0.00909 e. The van der Waals surface area contributed by atoms with E-state index in [1.807, 2.05) is 0 Å². The van der Waals surface area contributed by atoms with Gasteiger partial charge in [-0.2, -0.15) is 0 Å². The topological polar surface area (TPSA) is 0 Å². The zero-order valence-corrected chi connectivity index (χ0v) is 26.0. The minimum absolute atomic E-state index is 0.189. The molecule has 206 valence electrons. The largest absolute Gasteiger partial charge is 0.0802 e. The van der Waals surface area contributed by atoms with Crippen LogP contribution in [0.15, 0.2) is 77.9 Å². The summed E-state index contributed by atoms with van der Waals surface area (Å²) < 4.78 is 0. The van der Waals surface area contributed by atoms with Crippen molar-refractivity contribution in [2.45, 2.75) is 88.0 Å². The molecule has 2 fully saturated rings. The summed E-state index contributed by atoms with van der Waals surface area (Å²) in [5.74, 6) is 5.94. The smallest absolute Gasteiger partial charge is 0.00909 e. The second-order valence-electron chi connectivity index (χ2n) is 16.5. The van der Waals surface area contributed by atoms with E-state index in [9.17, 15) is 0 Å². The van der Waals surface area contributed by atoms with Gasteiger partial charge in [-0.25, -0.2) is 0 Å². The minimum Gasteiger partial charge on any atom is -0.0802 e. The van der Waals surface area contributed by atoms with Gasteiger partial charge in [0.1, 0.15) is 0 Å². The van der Waals surface area contributed by atoms with Crippen LogP contribution in [-0.4, -0.2) is 0 Å². The van der Waals surface area contributed by atoms with Crippen LogP contribution in [0.1, 0.15) is 93.6 Å². The van der Waals surface area contributed by atoms with Gasteiger partial charge in [-0.15, -0.1) is 0 Å². The van der Waals surface area contributed by atoms with Crippen molar-refractivity contribution in [2.24, 2.45) is 63.6 Å². The SMILES string of the molecule is CC1CC(C(C)(C)C)CC1[C@@H](c1ccccc1)C1C2C=CC(C(C)(C)C)=CC2C2C=C(C(C)(C)C)C=CC21. The van der Waals surface area contributed by atoms with Crippen LogP contribution >= 0.6 is 0 Å². The average Bonchev–Trinajstić information content (AvgIpc) is 3.37. The average molecular weight is 511 g/mol. The molecule has 4 aliphatic rings. The molecule has 38 heavy (non-hydrogen) atoms. The predicted molar refractivity (Wildman–Crippen MR) is 165 cm³/mol. The van der Waals surface area contributed by atoms with Crippen LogP contribution in [-0.2, 0) is 0 Å². The summed E-state index contributed by atoms with van der Waals surface area (Å²) in [5, 5.41) is 0. The number of hydrogen-bond donors (Lipinski definition) is 0. The molecule has 5 rings (SSSR count). The van der Waals surface area contributed by atoms with E-state index < -0.39 is 0 Å². The van der Waals surface area contributed by atoms with Gasteiger partial charge < -0.3 is 0 Å². The summed E-state index contributed by atoms with van der Waals surface area (Å²) in [4.78, 5) is 0. The second-order valence-corrected chi connectivity index (χ2v) is 16.5. The number of rotatable bonds is 3. The highest BCUT2D eigenvalue weighted by Crippen LogP contribution is 2.62. The van der Waals surface area contributed by atoms with Crippen molar-refractivity contribution < 1.29 is 0 Å². The van der Waals surface area contributed by atoms with Crippen molar-refractivity contribution in [3.05, 3.63) is 83.5 Å². The van der Waals surface area contributed by atoms with Crippen LogP contribution in [0, 0.1) is 63.6 Å². The lowest BCUT2D eigenvalue weighted by atomic mass is 9.64. The van der Waals surface area contributed by atoms with E-state index >= 15 is 0 Å². The fraction of sp³-hybridized carbons (Fsp3) is 0.632. The van der Waals surface area contributed by atoms with Gasteiger partial charge in [0.25, 0.3) is 0 Å². The van der Waals surface area contributed by atoms with Gasteiger partial charge >= 0.3 is 0 Å². The Hall–Kier alpha value is -1.82. The Labute approximate surface area is 234 Å². The first-order valence-electron chi connectivity index (χ1n) is 15.5. The third kappa shape index (κ3) is 5.07. The molecule has 0 N–H and O–H groups in total. The molecule has 0 heterocycles. The first kappa shape index (κ1) is 27.7. The molecule has 1 aromatic carbocycles. The molecule has 0 amide bonds. The van der Waals surface area contributed by atoms with Crippen LogP contribution in [0.4, 0.5) is 0 Å². The molecule has 2 saturated carbocycles. The van der Waals surface area contributed by atoms with Crippen molar-refractivity contribution in [3.8, 4) is 0 Å². The maximum absolute atomic E-state index is 2.70. The predicted octanol–water partition coefficient (Wildman–Crippen LogP) is 10.7. The van der Waals surface area contributed by atoms with Gasteiger partial charge in [-0.05, 0) is 99.1 Å². The molecule has 0 spiro atoms. The molecule has 0 radical (unpaired) electrons. The molecule has 1 aromatic rings. The molecule has 0 bridgehead atoms.